The van der Waals surface area contributed by atoms with Crippen LogP contribution in [0.4, 0.5) is 0 Å². The van der Waals surface area contributed by atoms with Crippen molar-refractivity contribution in [3.63, 3.8) is 0 Å². The maximum absolute atomic E-state index is 10.8. The van der Waals surface area contributed by atoms with Gasteiger partial charge in [-0.15, -0.1) is 0 Å². The Kier molecular flexibility index (Phi) is 1.85. The summed E-state index contributed by atoms with van der Waals surface area (Å²) in [6, 6.07) is 7.20. The molecule has 0 saturated carbocycles. The van der Waals surface area contributed by atoms with E-state index < -0.39 is 5.97 Å². The molecule has 0 fully saturated rings. The molecule has 0 bridgehead atoms. The molecular weight excluding hydrogens is 274 g/mol. The Labute approximate surface area is 98.0 Å². The summed E-state index contributed by atoms with van der Waals surface area (Å²) in [6.07, 6.45) is 0. The number of carboxylic acid groups (broad SMARTS) is 1. The number of fused-ring (bicyclic) bond motifs is 3. The van der Waals surface area contributed by atoms with E-state index in [2.05, 4.69) is 20.9 Å². The summed E-state index contributed by atoms with van der Waals surface area (Å²) in [4.78, 5) is 13.5. The fraction of sp³-hybridized carbons (Fsp3) is 0. The lowest BCUT2D eigenvalue weighted by Crippen LogP contribution is -1.94. The number of furan rings is 1. The van der Waals surface area contributed by atoms with Crippen molar-refractivity contribution in [1.29, 1.82) is 0 Å². The third-order valence-electron chi connectivity index (χ3n) is 2.46. The number of halogens is 1. The van der Waals surface area contributed by atoms with E-state index in [9.17, 15) is 4.79 Å². The molecule has 1 aromatic carbocycles. The minimum Gasteiger partial charge on any atom is -0.477 e. The first-order valence-electron chi connectivity index (χ1n) is 4.59. The normalized spacial score (nSPS) is 11.3. The lowest BCUT2D eigenvalue weighted by Gasteiger charge is -1.90. The second kappa shape index (κ2) is 3.12. The second-order valence-corrected chi connectivity index (χ2v) is 4.39. The summed E-state index contributed by atoms with van der Waals surface area (Å²) in [5.74, 6) is -0.991. The average Bonchev–Trinajstić information content (AvgIpc) is 2.75. The van der Waals surface area contributed by atoms with Crippen LogP contribution < -0.4 is 0 Å². The fourth-order valence-electron chi connectivity index (χ4n) is 1.74. The van der Waals surface area contributed by atoms with Gasteiger partial charge in [0.2, 0.25) is 5.71 Å². The van der Waals surface area contributed by atoms with Crippen LogP contribution in [0.5, 0.6) is 0 Å². The summed E-state index contributed by atoms with van der Waals surface area (Å²) >= 11 is 3.37. The number of carboxylic acids is 1. The van der Waals surface area contributed by atoms with Crippen molar-refractivity contribution in [3.05, 3.63) is 34.4 Å². The lowest BCUT2D eigenvalue weighted by atomic mass is 10.2. The van der Waals surface area contributed by atoms with Gasteiger partial charge in [0.05, 0.1) is 0 Å². The molecule has 2 aromatic heterocycles. The number of nitrogens with one attached hydrogen (secondary N) is 1. The largest absolute Gasteiger partial charge is 0.477 e. The van der Waals surface area contributed by atoms with Gasteiger partial charge in [-0.1, -0.05) is 15.9 Å². The highest BCUT2D eigenvalue weighted by Crippen LogP contribution is 2.31. The molecule has 0 aliphatic heterocycles. The van der Waals surface area contributed by atoms with E-state index in [-0.39, 0.29) is 5.69 Å². The highest BCUT2D eigenvalue weighted by atomic mass is 79.9. The van der Waals surface area contributed by atoms with E-state index >= 15 is 0 Å². The highest BCUT2D eigenvalue weighted by Gasteiger charge is 2.13. The van der Waals surface area contributed by atoms with Crippen molar-refractivity contribution >= 4 is 44.0 Å². The van der Waals surface area contributed by atoms with Gasteiger partial charge in [0.15, 0.2) is 0 Å². The highest BCUT2D eigenvalue weighted by molar-refractivity contribution is 9.10. The van der Waals surface area contributed by atoms with Crippen molar-refractivity contribution in [2.24, 2.45) is 0 Å². The van der Waals surface area contributed by atoms with Crippen LogP contribution in [-0.2, 0) is 0 Å². The first-order chi connectivity index (χ1) is 7.65. The number of rotatable bonds is 1. The fourth-order valence-corrected chi connectivity index (χ4v) is 2.10. The monoisotopic (exact) mass is 279 g/mol. The number of benzene rings is 1. The quantitative estimate of drug-likeness (QED) is 0.718. The molecule has 2 heterocycles. The van der Waals surface area contributed by atoms with Crippen molar-refractivity contribution in [3.8, 4) is 0 Å². The van der Waals surface area contributed by atoms with Crippen LogP contribution in [0.15, 0.2) is 33.2 Å². The Hall–Kier alpha value is -1.75. The van der Waals surface area contributed by atoms with Crippen LogP contribution in [-0.4, -0.2) is 16.1 Å². The molecule has 3 aromatic rings. The van der Waals surface area contributed by atoms with Gasteiger partial charge in [0.1, 0.15) is 11.3 Å². The Morgan fingerprint density at radius 3 is 2.88 bits per heavy atom. The third kappa shape index (κ3) is 1.25. The minimum absolute atomic E-state index is 0.135. The van der Waals surface area contributed by atoms with Gasteiger partial charge in [-0.05, 0) is 24.3 Å². The number of hydrogen-bond acceptors (Lipinski definition) is 2. The van der Waals surface area contributed by atoms with Crippen molar-refractivity contribution in [1.82, 2.24) is 4.98 Å². The molecular formula is C11H6BrNO3. The van der Waals surface area contributed by atoms with Crippen LogP contribution in [0.1, 0.15) is 10.5 Å². The van der Waals surface area contributed by atoms with Gasteiger partial charge >= 0.3 is 5.97 Å². The molecule has 0 radical (unpaired) electrons. The SMILES string of the molecule is O=C(O)c1cc2c([nH]1)oc1ccc(Br)cc12. The number of carbonyl (C=O) groups is 1. The molecule has 4 nitrogen and oxygen atoms in total. The molecule has 80 valence electrons. The van der Waals surface area contributed by atoms with Crippen LogP contribution in [0.25, 0.3) is 22.1 Å². The summed E-state index contributed by atoms with van der Waals surface area (Å²) < 4.78 is 6.43. The smallest absolute Gasteiger partial charge is 0.352 e. The van der Waals surface area contributed by atoms with Crippen molar-refractivity contribution in [2.75, 3.05) is 0 Å². The molecule has 0 unspecified atom stereocenters. The summed E-state index contributed by atoms with van der Waals surface area (Å²) in [5, 5.41) is 10.5. The molecule has 0 aliphatic carbocycles. The zero-order valence-corrected chi connectivity index (χ0v) is 9.54. The van der Waals surface area contributed by atoms with E-state index in [4.69, 9.17) is 9.52 Å². The molecule has 0 saturated heterocycles. The maximum atomic E-state index is 10.8. The zero-order valence-electron chi connectivity index (χ0n) is 7.95. The summed E-state index contributed by atoms with van der Waals surface area (Å²) in [6.45, 7) is 0. The maximum Gasteiger partial charge on any atom is 0.352 e. The molecule has 0 spiro atoms. The van der Waals surface area contributed by atoms with E-state index in [1.165, 1.54) is 0 Å². The molecule has 3 rings (SSSR count). The van der Waals surface area contributed by atoms with Crippen LogP contribution in [0.2, 0.25) is 0 Å². The van der Waals surface area contributed by atoms with E-state index in [1.54, 1.807) is 6.07 Å². The zero-order chi connectivity index (χ0) is 11.3. The Morgan fingerprint density at radius 2 is 2.12 bits per heavy atom. The van der Waals surface area contributed by atoms with Crippen LogP contribution in [0, 0.1) is 0 Å². The van der Waals surface area contributed by atoms with E-state index in [0.717, 1.165) is 20.8 Å². The van der Waals surface area contributed by atoms with Gasteiger partial charge in [0.25, 0.3) is 0 Å². The molecule has 2 N–H and O–H groups in total. The molecule has 5 heteroatoms. The topological polar surface area (TPSA) is 66.2 Å². The van der Waals surface area contributed by atoms with E-state index in [0.29, 0.717) is 5.71 Å². The molecule has 16 heavy (non-hydrogen) atoms. The van der Waals surface area contributed by atoms with Gasteiger partial charge in [0, 0.05) is 15.2 Å². The number of aromatic amines is 1. The van der Waals surface area contributed by atoms with Gasteiger partial charge < -0.3 is 14.5 Å². The average molecular weight is 280 g/mol. The third-order valence-corrected chi connectivity index (χ3v) is 2.95. The van der Waals surface area contributed by atoms with Gasteiger partial charge in [-0.25, -0.2) is 4.79 Å². The number of aromatic carboxylic acids is 1. The number of H-pyrrole nitrogens is 1. The second-order valence-electron chi connectivity index (χ2n) is 3.47. The Balaban J connectivity index is 2.40. The van der Waals surface area contributed by atoms with Gasteiger partial charge in [-0.3, -0.25) is 0 Å². The Morgan fingerprint density at radius 1 is 1.31 bits per heavy atom. The summed E-state index contributed by atoms with van der Waals surface area (Å²) in [5.41, 5.74) is 1.36. The standard InChI is InChI=1S/C11H6BrNO3/c12-5-1-2-9-6(3-5)7-4-8(11(14)15)13-10(7)16-9/h1-4,13H,(H,14,15). The first-order valence-corrected chi connectivity index (χ1v) is 5.38. The Bertz CT molecular complexity index is 710. The predicted octanol–water partition coefficient (Wildman–Crippen LogP) is 3.37. The lowest BCUT2D eigenvalue weighted by molar-refractivity contribution is 0.0691. The summed E-state index contributed by atoms with van der Waals surface area (Å²) in [7, 11) is 0. The predicted molar refractivity (Wildman–Crippen MR) is 62.7 cm³/mol. The van der Waals surface area contributed by atoms with Crippen molar-refractivity contribution in [2.45, 2.75) is 0 Å². The van der Waals surface area contributed by atoms with Gasteiger partial charge in [-0.2, -0.15) is 0 Å². The number of aromatic nitrogens is 1. The number of hydrogen-bond donors (Lipinski definition) is 2. The minimum atomic E-state index is -0.991. The van der Waals surface area contributed by atoms with Crippen LogP contribution >= 0.6 is 15.9 Å². The first kappa shape index (κ1) is 9.47. The molecule has 0 aliphatic rings. The van der Waals surface area contributed by atoms with Crippen LogP contribution in [0.3, 0.4) is 0 Å². The van der Waals surface area contributed by atoms with Crippen molar-refractivity contribution < 1.29 is 14.3 Å². The molecule has 0 amide bonds. The van der Waals surface area contributed by atoms with E-state index in [1.807, 2.05) is 18.2 Å². The molecule has 0 atom stereocenters.